The van der Waals surface area contributed by atoms with E-state index in [1.54, 1.807) is 7.11 Å². The molecule has 0 aliphatic heterocycles. The van der Waals surface area contributed by atoms with E-state index in [-0.39, 0.29) is 12.3 Å². The second-order valence-corrected chi connectivity index (χ2v) is 5.00. The first kappa shape index (κ1) is 18.6. The van der Waals surface area contributed by atoms with Gasteiger partial charge in [0.25, 0.3) is 0 Å². The molecule has 0 heterocycles. The zero-order chi connectivity index (χ0) is 17.2. The first-order chi connectivity index (χ1) is 11.2. The average Bonchev–Trinajstić information content (AvgIpc) is 2.61. The highest BCUT2D eigenvalue weighted by Crippen LogP contribution is 2.35. The van der Waals surface area contributed by atoms with Crippen molar-refractivity contribution in [1.29, 1.82) is 0 Å². The summed E-state index contributed by atoms with van der Waals surface area (Å²) in [4.78, 5) is 22.4. The molecule has 23 heavy (non-hydrogen) atoms. The van der Waals surface area contributed by atoms with E-state index >= 15 is 0 Å². The van der Waals surface area contributed by atoms with Crippen molar-refractivity contribution < 1.29 is 14.3 Å². The Hall–Kier alpha value is -2.42. The molecule has 0 aliphatic carbocycles. The van der Waals surface area contributed by atoms with Crippen LogP contribution in [0.5, 0.6) is 5.75 Å². The zero-order valence-electron chi connectivity index (χ0n) is 14.2. The minimum atomic E-state index is -0.410. The number of carbonyl (C=O) groups is 2. The van der Waals surface area contributed by atoms with Gasteiger partial charge in [0.15, 0.2) is 12.1 Å². The molecule has 0 saturated carbocycles. The third-order valence-corrected chi connectivity index (χ3v) is 3.50. The van der Waals surface area contributed by atoms with Crippen LogP contribution in [-0.2, 0) is 9.59 Å². The molecule has 0 radical (unpaired) electrons. The van der Waals surface area contributed by atoms with Crippen LogP contribution in [0.25, 0.3) is 0 Å². The van der Waals surface area contributed by atoms with E-state index in [1.807, 2.05) is 69.3 Å². The standard InChI is InChI=1S/C18H18O3.C2H6/c1-13-8-9-18(21-2)17(10-13)16(11-15(20)12-19)14-6-4-3-5-7-14;1-2/h3-10,12,16H,11H2,1-2H3;1-2H3. The summed E-state index contributed by atoms with van der Waals surface area (Å²) in [5, 5.41) is 0. The van der Waals surface area contributed by atoms with Gasteiger partial charge in [0.05, 0.1) is 7.11 Å². The Bertz CT molecular complexity index is 633. The molecule has 0 fully saturated rings. The molecule has 2 aromatic rings. The Labute approximate surface area is 138 Å². The molecule has 0 saturated heterocycles. The number of carbonyl (C=O) groups excluding carboxylic acids is 2. The summed E-state index contributed by atoms with van der Waals surface area (Å²) in [5.74, 6) is 0.138. The maximum absolute atomic E-state index is 11.6. The fraction of sp³-hybridized carbons (Fsp3) is 0.300. The Morgan fingerprint density at radius 2 is 1.78 bits per heavy atom. The van der Waals surface area contributed by atoms with Crippen LogP contribution >= 0.6 is 0 Å². The molecule has 2 rings (SSSR count). The summed E-state index contributed by atoms with van der Waals surface area (Å²) >= 11 is 0. The van der Waals surface area contributed by atoms with Crippen LogP contribution in [-0.4, -0.2) is 19.2 Å². The van der Waals surface area contributed by atoms with E-state index in [2.05, 4.69) is 0 Å². The summed E-state index contributed by atoms with van der Waals surface area (Å²) < 4.78 is 5.42. The Balaban J connectivity index is 0.00000127. The molecule has 1 unspecified atom stereocenters. The SMILES string of the molecule is CC.COc1ccc(C)cc1C(CC(=O)C=O)c1ccccc1. The van der Waals surface area contributed by atoms with Crippen LogP contribution in [0.15, 0.2) is 48.5 Å². The lowest BCUT2D eigenvalue weighted by molar-refractivity contribution is -0.130. The van der Waals surface area contributed by atoms with Crippen molar-refractivity contribution >= 4 is 12.1 Å². The molecular formula is C20H24O3. The highest BCUT2D eigenvalue weighted by Gasteiger charge is 2.21. The Kier molecular flexibility index (Phi) is 7.75. The van der Waals surface area contributed by atoms with Crippen LogP contribution < -0.4 is 4.74 Å². The van der Waals surface area contributed by atoms with Crippen molar-refractivity contribution in [2.45, 2.75) is 33.1 Å². The molecule has 3 nitrogen and oxygen atoms in total. The van der Waals surface area contributed by atoms with Crippen molar-refractivity contribution in [1.82, 2.24) is 0 Å². The highest BCUT2D eigenvalue weighted by atomic mass is 16.5. The third-order valence-electron chi connectivity index (χ3n) is 3.50. The topological polar surface area (TPSA) is 43.4 Å². The number of methoxy groups -OCH3 is 1. The van der Waals surface area contributed by atoms with Crippen molar-refractivity contribution in [2.75, 3.05) is 7.11 Å². The normalized spacial score (nSPS) is 11.0. The number of hydrogen-bond donors (Lipinski definition) is 0. The number of aryl methyl sites for hydroxylation is 1. The van der Waals surface area contributed by atoms with Gasteiger partial charge in [-0.2, -0.15) is 0 Å². The van der Waals surface area contributed by atoms with Crippen LogP contribution in [0, 0.1) is 6.92 Å². The fourth-order valence-electron chi connectivity index (χ4n) is 2.47. The molecule has 0 spiro atoms. The predicted molar refractivity (Wildman–Crippen MR) is 93.1 cm³/mol. The summed E-state index contributed by atoms with van der Waals surface area (Å²) in [5.41, 5.74) is 3.01. The molecule has 122 valence electrons. The average molecular weight is 312 g/mol. The van der Waals surface area contributed by atoms with Gasteiger partial charge in [-0.1, -0.05) is 61.9 Å². The molecule has 0 aliphatic rings. The van der Waals surface area contributed by atoms with Crippen LogP contribution in [0.4, 0.5) is 0 Å². The Morgan fingerprint density at radius 3 is 2.35 bits per heavy atom. The first-order valence-electron chi connectivity index (χ1n) is 7.83. The van der Waals surface area contributed by atoms with Crippen molar-refractivity contribution in [3.05, 3.63) is 65.2 Å². The first-order valence-corrected chi connectivity index (χ1v) is 7.83. The highest BCUT2D eigenvalue weighted by molar-refractivity contribution is 6.25. The van der Waals surface area contributed by atoms with Crippen LogP contribution in [0.1, 0.15) is 42.9 Å². The van der Waals surface area contributed by atoms with Gasteiger partial charge in [-0.05, 0) is 18.6 Å². The second-order valence-electron chi connectivity index (χ2n) is 5.00. The second kappa shape index (κ2) is 9.57. The maximum Gasteiger partial charge on any atom is 0.196 e. The van der Waals surface area contributed by atoms with Crippen molar-refractivity contribution in [3.63, 3.8) is 0 Å². The lowest BCUT2D eigenvalue weighted by Crippen LogP contribution is -2.11. The number of benzene rings is 2. The number of rotatable bonds is 6. The predicted octanol–water partition coefficient (Wildman–Crippen LogP) is 4.32. The van der Waals surface area contributed by atoms with E-state index in [4.69, 9.17) is 4.74 Å². The lowest BCUT2D eigenvalue weighted by Gasteiger charge is -2.20. The number of ketones is 1. The largest absolute Gasteiger partial charge is 0.496 e. The Morgan fingerprint density at radius 1 is 1.13 bits per heavy atom. The minimum absolute atomic E-state index is 0.146. The smallest absolute Gasteiger partial charge is 0.196 e. The molecule has 0 amide bonds. The van der Waals surface area contributed by atoms with Crippen LogP contribution in [0.2, 0.25) is 0 Å². The monoisotopic (exact) mass is 312 g/mol. The maximum atomic E-state index is 11.6. The van der Waals surface area contributed by atoms with E-state index in [0.717, 1.165) is 22.4 Å². The zero-order valence-corrected chi connectivity index (χ0v) is 14.2. The molecule has 0 bridgehead atoms. The van der Waals surface area contributed by atoms with Gasteiger partial charge >= 0.3 is 0 Å². The summed E-state index contributed by atoms with van der Waals surface area (Å²) in [6, 6.07) is 15.6. The van der Waals surface area contributed by atoms with E-state index < -0.39 is 5.78 Å². The number of Topliss-reactive ketones (excluding diaryl/α,β-unsaturated/α-hetero) is 1. The molecule has 3 heteroatoms. The van der Waals surface area contributed by atoms with Crippen molar-refractivity contribution in [2.24, 2.45) is 0 Å². The van der Waals surface area contributed by atoms with Crippen LogP contribution in [0.3, 0.4) is 0 Å². The molecule has 0 aromatic heterocycles. The third kappa shape index (κ3) is 5.06. The van der Waals surface area contributed by atoms with Crippen molar-refractivity contribution in [3.8, 4) is 5.75 Å². The summed E-state index contributed by atoms with van der Waals surface area (Å²) in [6.07, 6.45) is 0.533. The van der Waals surface area contributed by atoms with Gasteiger partial charge in [0.1, 0.15) is 5.75 Å². The van der Waals surface area contributed by atoms with E-state index in [9.17, 15) is 9.59 Å². The quantitative estimate of drug-likeness (QED) is 0.589. The van der Waals surface area contributed by atoms with Gasteiger partial charge in [0, 0.05) is 17.9 Å². The molecule has 1 atom stereocenters. The molecular weight excluding hydrogens is 288 g/mol. The summed E-state index contributed by atoms with van der Waals surface area (Å²) in [7, 11) is 1.61. The lowest BCUT2D eigenvalue weighted by atomic mass is 9.86. The fourth-order valence-corrected chi connectivity index (χ4v) is 2.47. The minimum Gasteiger partial charge on any atom is -0.496 e. The number of hydrogen-bond acceptors (Lipinski definition) is 3. The molecule has 0 N–H and O–H groups in total. The van der Waals surface area contributed by atoms with Gasteiger partial charge in [-0.3, -0.25) is 9.59 Å². The molecule has 2 aromatic carbocycles. The number of ether oxygens (including phenoxy) is 1. The van der Waals surface area contributed by atoms with Gasteiger partial charge < -0.3 is 4.74 Å². The van der Waals surface area contributed by atoms with Gasteiger partial charge in [-0.25, -0.2) is 0 Å². The van der Waals surface area contributed by atoms with Gasteiger partial charge in [0.2, 0.25) is 0 Å². The van der Waals surface area contributed by atoms with E-state index in [0.29, 0.717) is 6.29 Å². The summed E-state index contributed by atoms with van der Waals surface area (Å²) in [6.45, 7) is 5.99. The van der Waals surface area contributed by atoms with Gasteiger partial charge in [-0.15, -0.1) is 0 Å². The van der Waals surface area contributed by atoms with E-state index in [1.165, 1.54) is 0 Å². The number of aldehydes is 1.